The summed E-state index contributed by atoms with van der Waals surface area (Å²) in [6, 6.07) is 10.7. The molecule has 1 N–H and O–H groups in total. The Labute approximate surface area is 105 Å². The van der Waals surface area contributed by atoms with Crippen LogP contribution in [-0.2, 0) is 0 Å². The van der Waals surface area contributed by atoms with Crippen molar-refractivity contribution in [2.75, 3.05) is 0 Å². The Morgan fingerprint density at radius 2 is 2.00 bits per heavy atom. The fraction of sp³-hybridized carbons (Fsp3) is 0.231. The maximum absolute atomic E-state index is 11.0. The predicted molar refractivity (Wildman–Crippen MR) is 66.3 cm³/mol. The van der Waals surface area contributed by atoms with Crippen LogP contribution in [0.5, 0.6) is 5.88 Å². The summed E-state index contributed by atoms with van der Waals surface area (Å²) in [5.74, 6) is -0.646. The highest BCUT2D eigenvalue weighted by Gasteiger charge is 2.16. The molecule has 2 rings (SSSR count). The second-order valence-corrected chi connectivity index (χ2v) is 4.09. The number of aromatic nitrogens is 2. The van der Waals surface area contributed by atoms with Crippen molar-refractivity contribution in [3.63, 3.8) is 0 Å². The van der Waals surface area contributed by atoms with Gasteiger partial charge in [0.05, 0.1) is 11.8 Å². The summed E-state index contributed by atoms with van der Waals surface area (Å²) in [6.45, 7) is 3.76. The first-order valence-electron chi connectivity index (χ1n) is 5.63. The molecule has 1 aromatic heterocycles. The molecule has 0 bridgehead atoms. The maximum atomic E-state index is 11.0. The number of hydrogen-bond donors (Lipinski definition) is 1. The van der Waals surface area contributed by atoms with E-state index in [1.807, 2.05) is 44.2 Å². The molecule has 0 aliphatic heterocycles. The lowest BCUT2D eigenvalue weighted by atomic mass is 10.3. The first-order chi connectivity index (χ1) is 8.58. The van der Waals surface area contributed by atoms with Gasteiger partial charge in [0.15, 0.2) is 5.69 Å². The van der Waals surface area contributed by atoms with Crippen LogP contribution in [0.2, 0.25) is 0 Å². The summed E-state index contributed by atoms with van der Waals surface area (Å²) in [7, 11) is 0. The molecule has 0 aliphatic rings. The van der Waals surface area contributed by atoms with Crippen molar-refractivity contribution in [3.8, 4) is 11.6 Å². The van der Waals surface area contributed by atoms with Crippen LogP contribution in [0.1, 0.15) is 24.3 Å². The van der Waals surface area contributed by atoms with E-state index in [1.54, 1.807) is 0 Å². The Bertz CT molecular complexity index is 547. The fourth-order valence-corrected chi connectivity index (χ4v) is 1.55. The molecule has 0 saturated carbocycles. The average Bonchev–Trinajstić information content (AvgIpc) is 2.73. The quantitative estimate of drug-likeness (QED) is 0.899. The van der Waals surface area contributed by atoms with Crippen LogP contribution in [0, 0.1) is 0 Å². The predicted octanol–water partition coefficient (Wildman–Crippen LogP) is 2.36. The van der Waals surface area contributed by atoms with Gasteiger partial charge in [-0.3, -0.25) is 0 Å². The molecular weight excluding hydrogens is 232 g/mol. The van der Waals surface area contributed by atoms with Gasteiger partial charge in [-0.05, 0) is 26.0 Å². The van der Waals surface area contributed by atoms with Gasteiger partial charge in [-0.15, -0.1) is 0 Å². The molecular formula is C13H14N2O3. The van der Waals surface area contributed by atoms with Crippen LogP contribution in [-0.4, -0.2) is 27.0 Å². The minimum Gasteiger partial charge on any atom is -0.476 e. The Hall–Kier alpha value is -2.30. The standard InChI is InChI=1S/C13H14N2O3/c1-9(2)18-12-8-11(13(16)17)14-15(12)10-6-4-3-5-7-10/h3-9H,1-2H3,(H,16,17). The van der Waals surface area contributed by atoms with E-state index in [0.717, 1.165) is 5.69 Å². The van der Waals surface area contributed by atoms with Crippen LogP contribution < -0.4 is 4.74 Å². The second-order valence-electron chi connectivity index (χ2n) is 4.09. The Kier molecular flexibility index (Phi) is 3.32. The zero-order valence-corrected chi connectivity index (χ0v) is 10.2. The summed E-state index contributed by atoms with van der Waals surface area (Å²) < 4.78 is 7.06. The third kappa shape index (κ3) is 2.51. The molecule has 0 aliphatic carbocycles. The van der Waals surface area contributed by atoms with E-state index in [4.69, 9.17) is 9.84 Å². The molecule has 5 nitrogen and oxygen atoms in total. The van der Waals surface area contributed by atoms with Gasteiger partial charge in [-0.25, -0.2) is 9.48 Å². The lowest BCUT2D eigenvalue weighted by Gasteiger charge is -2.11. The molecule has 0 atom stereocenters. The number of benzene rings is 1. The van der Waals surface area contributed by atoms with E-state index in [1.165, 1.54) is 10.7 Å². The Morgan fingerprint density at radius 3 is 2.56 bits per heavy atom. The molecule has 0 unspecified atom stereocenters. The van der Waals surface area contributed by atoms with E-state index in [0.29, 0.717) is 5.88 Å². The van der Waals surface area contributed by atoms with Gasteiger partial charge < -0.3 is 9.84 Å². The SMILES string of the molecule is CC(C)Oc1cc(C(=O)O)nn1-c1ccccc1. The van der Waals surface area contributed by atoms with Gasteiger partial charge in [0.1, 0.15) is 0 Å². The van der Waals surface area contributed by atoms with Gasteiger partial charge in [-0.2, -0.15) is 5.10 Å². The van der Waals surface area contributed by atoms with Gasteiger partial charge in [0.2, 0.25) is 5.88 Å². The van der Waals surface area contributed by atoms with Crippen molar-refractivity contribution < 1.29 is 14.6 Å². The molecule has 2 aromatic rings. The Morgan fingerprint density at radius 1 is 1.33 bits per heavy atom. The van der Waals surface area contributed by atoms with Crippen LogP contribution in [0.3, 0.4) is 0 Å². The topological polar surface area (TPSA) is 64.3 Å². The van der Waals surface area contributed by atoms with E-state index >= 15 is 0 Å². The lowest BCUT2D eigenvalue weighted by molar-refractivity contribution is 0.0690. The van der Waals surface area contributed by atoms with Crippen molar-refractivity contribution in [1.29, 1.82) is 0 Å². The number of ether oxygens (including phenoxy) is 1. The molecule has 0 saturated heterocycles. The highest BCUT2D eigenvalue weighted by molar-refractivity contribution is 5.85. The Balaban J connectivity index is 2.47. The van der Waals surface area contributed by atoms with Crippen molar-refractivity contribution in [1.82, 2.24) is 9.78 Å². The number of carboxylic acids is 1. The van der Waals surface area contributed by atoms with Crippen LogP contribution in [0.4, 0.5) is 0 Å². The number of carbonyl (C=O) groups is 1. The summed E-state index contributed by atoms with van der Waals surface area (Å²) in [4.78, 5) is 11.0. The van der Waals surface area contributed by atoms with E-state index in [9.17, 15) is 4.79 Å². The molecule has 0 amide bonds. The molecule has 0 spiro atoms. The van der Waals surface area contributed by atoms with Gasteiger partial charge >= 0.3 is 5.97 Å². The zero-order valence-electron chi connectivity index (χ0n) is 10.2. The van der Waals surface area contributed by atoms with Crippen LogP contribution >= 0.6 is 0 Å². The van der Waals surface area contributed by atoms with E-state index in [2.05, 4.69) is 5.10 Å². The van der Waals surface area contributed by atoms with Crippen molar-refractivity contribution >= 4 is 5.97 Å². The first-order valence-corrected chi connectivity index (χ1v) is 5.63. The number of nitrogens with zero attached hydrogens (tertiary/aromatic N) is 2. The van der Waals surface area contributed by atoms with E-state index in [-0.39, 0.29) is 11.8 Å². The van der Waals surface area contributed by atoms with Crippen LogP contribution in [0.25, 0.3) is 5.69 Å². The maximum Gasteiger partial charge on any atom is 0.356 e. The molecule has 18 heavy (non-hydrogen) atoms. The molecule has 1 aromatic carbocycles. The zero-order chi connectivity index (χ0) is 13.1. The monoisotopic (exact) mass is 246 g/mol. The molecule has 1 heterocycles. The van der Waals surface area contributed by atoms with Crippen molar-refractivity contribution in [2.45, 2.75) is 20.0 Å². The number of hydrogen-bond acceptors (Lipinski definition) is 3. The number of rotatable bonds is 4. The van der Waals surface area contributed by atoms with E-state index < -0.39 is 5.97 Å². The van der Waals surface area contributed by atoms with Gasteiger partial charge in [0.25, 0.3) is 0 Å². The molecule has 5 heteroatoms. The lowest BCUT2D eigenvalue weighted by Crippen LogP contribution is -2.10. The van der Waals surface area contributed by atoms with Gasteiger partial charge in [0, 0.05) is 6.07 Å². The first kappa shape index (κ1) is 12.2. The second kappa shape index (κ2) is 4.91. The summed E-state index contributed by atoms with van der Waals surface area (Å²) in [6.07, 6.45) is -0.0502. The summed E-state index contributed by atoms with van der Waals surface area (Å²) in [5, 5.41) is 13.0. The average molecular weight is 246 g/mol. The smallest absolute Gasteiger partial charge is 0.356 e. The summed E-state index contributed by atoms with van der Waals surface area (Å²) in [5.41, 5.74) is 0.732. The fourth-order valence-electron chi connectivity index (χ4n) is 1.55. The highest BCUT2D eigenvalue weighted by Crippen LogP contribution is 2.20. The number of para-hydroxylation sites is 1. The summed E-state index contributed by atoms with van der Waals surface area (Å²) >= 11 is 0. The number of aromatic carboxylic acids is 1. The van der Waals surface area contributed by atoms with Crippen LogP contribution in [0.15, 0.2) is 36.4 Å². The molecule has 94 valence electrons. The largest absolute Gasteiger partial charge is 0.476 e. The van der Waals surface area contributed by atoms with Gasteiger partial charge in [-0.1, -0.05) is 18.2 Å². The highest BCUT2D eigenvalue weighted by atomic mass is 16.5. The third-order valence-electron chi connectivity index (χ3n) is 2.25. The van der Waals surface area contributed by atoms with Crippen molar-refractivity contribution in [2.24, 2.45) is 0 Å². The third-order valence-corrected chi connectivity index (χ3v) is 2.25. The minimum absolute atomic E-state index is 0.0329. The van der Waals surface area contributed by atoms with Crippen molar-refractivity contribution in [3.05, 3.63) is 42.1 Å². The normalized spacial score (nSPS) is 10.6. The molecule has 0 fully saturated rings. The molecule has 0 radical (unpaired) electrons. The number of carboxylic acid groups (broad SMARTS) is 1. The minimum atomic E-state index is -1.07.